The van der Waals surface area contributed by atoms with Crippen LogP contribution in [0.3, 0.4) is 0 Å². The molecule has 0 radical (unpaired) electrons. The van der Waals surface area contributed by atoms with Crippen molar-refractivity contribution in [3.05, 3.63) is 82.3 Å². The van der Waals surface area contributed by atoms with Crippen LogP contribution in [0.2, 0.25) is 0 Å². The number of nitrogens with zero attached hydrogens (tertiary/aromatic N) is 1. The van der Waals surface area contributed by atoms with Crippen LogP contribution < -0.4 is 15.6 Å². The number of anilines is 1. The molecule has 0 fully saturated rings. The predicted molar refractivity (Wildman–Crippen MR) is 106 cm³/mol. The van der Waals surface area contributed by atoms with Gasteiger partial charge in [0.15, 0.2) is 5.13 Å². The van der Waals surface area contributed by atoms with E-state index in [-0.39, 0.29) is 5.56 Å². The molecule has 1 amide bonds. The van der Waals surface area contributed by atoms with Crippen molar-refractivity contribution in [2.75, 3.05) is 5.32 Å². The molecule has 0 aliphatic heterocycles. The Hall–Kier alpha value is -3.45. The van der Waals surface area contributed by atoms with Gasteiger partial charge in [0.1, 0.15) is 17.1 Å². The average molecular weight is 377 g/mol. The first-order valence-electron chi connectivity index (χ1n) is 8.23. The Labute approximate surface area is 158 Å². The van der Waals surface area contributed by atoms with Gasteiger partial charge in [-0.3, -0.25) is 14.9 Å². The second-order valence-electron chi connectivity index (χ2n) is 5.90. The van der Waals surface area contributed by atoms with Gasteiger partial charge in [-0.2, -0.15) is 0 Å². The molecule has 4 rings (SSSR count). The van der Waals surface area contributed by atoms with E-state index in [1.165, 1.54) is 17.4 Å². The number of thiazole rings is 1. The fourth-order valence-electron chi connectivity index (χ4n) is 2.56. The first-order chi connectivity index (χ1) is 13.1. The van der Waals surface area contributed by atoms with E-state index < -0.39 is 11.5 Å². The van der Waals surface area contributed by atoms with E-state index in [9.17, 15) is 9.59 Å². The molecule has 2 aromatic carbocycles. The number of H-pyrrole nitrogens is 1. The maximum Gasteiger partial charge on any atom is 0.263 e. The Kier molecular flexibility index (Phi) is 4.43. The van der Waals surface area contributed by atoms with E-state index in [0.717, 1.165) is 16.0 Å². The topological polar surface area (TPSA) is 84.1 Å². The summed E-state index contributed by atoms with van der Waals surface area (Å²) in [6.07, 6.45) is 0. The largest absolute Gasteiger partial charge is 0.457 e. The SMILES string of the molecule is Cc1ccc(C(=O)Nc2nc3ccc(Oc4ccccc4)cc3s2)c(=O)[nH]1. The Bertz CT molecular complexity index is 1180. The average Bonchev–Trinajstić information content (AvgIpc) is 3.04. The number of fused-ring (bicyclic) bond motifs is 1. The van der Waals surface area contributed by atoms with Crippen LogP contribution in [0.1, 0.15) is 16.1 Å². The lowest BCUT2D eigenvalue weighted by Gasteiger charge is -2.04. The number of benzene rings is 2. The molecule has 0 unspecified atom stereocenters. The number of carbonyl (C=O) groups excluding carboxylic acids is 1. The van der Waals surface area contributed by atoms with Crippen molar-refractivity contribution in [2.24, 2.45) is 0 Å². The van der Waals surface area contributed by atoms with Crippen LogP contribution in [0, 0.1) is 6.92 Å². The number of nitrogens with one attached hydrogen (secondary N) is 2. The number of aromatic amines is 1. The minimum Gasteiger partial charge on any atom is -0.457 e. The Morgan fingerprint density at radius 2 is 1.89 bits per heavy atom. The molecular weight excluding hydrogens is 362 g/mol. The van der Waals surface area contributed by atoms with Gasteiger partial charge in [-0.05, 0) is 43.3 Å². The molecule has 134 valence electrons. The van der Waals surface area contributed by atoms with E-state index in [4.69, 9.17) is 4.74 Å². The molecule has 2 N–H and O–H groups in total. The minimum absolute atomic E-state index is 0.0490. The molecule has 6 nitrogen and oxygen atoms in total. The van der Waals surface area contributed by atoms with Crippen molar-refractivity contribution in [1.29, 1.82) is 0 Å². The Balaban J connectivity index is 1.56. The van der Waals surface area contributed by atoms with Crippen molar-refractivity contribution < 1.29 is 9.53 Å². The van der Waals surface area contributed by atoms with E-state index in [2.05, 4.69) is 15.3 Å². The van der Waals surface area contributed by atoms with Crippen LogP contribution in [0.5, 0.6) is 11.5 Å². The van der Waals surface area contributed by atoms with E-state index in [1.54, 1.807) is 13.0 Å². The van der Waals surface area contributed by atoms with Crippen LogP contribution in [0.4, 0.5) is 5.13 Å². The number of carbonyl (C=O) groups is 1. The highest BCUT2D eigenvalue weighted by atomic mass is 32.1. The predicted octanol–water partition coefficient (Wildman–Crippen LogP) is 4.34. The molecular formula is C20H15N3O3S. The third-order valence-corrected chi connectivity index (χ3v) is 4.79. The summed E-state index contributed by atoms with van der Waals surface area (Å²) in [4.78, 5) is 31.3. The molecule has 2 aromatic heterocycles. The summed E-state index contributed by atoms with van der Waals surface area (Å²) in [5.41, 5.74) is 1.07. The third kappa shape index (κ3) is 3.73. The van der Waals surface area contributed by atoms with Crippen molar-refractivity contribution in [2.45, 2.75) is 6.92 Å². The van der Waals surface area contributed by atoms with Gasteiger partial charge in [0.25, 0.3) is 11.5 Å². The molecule has 4 aromatic rings. The monoisotopic (exact) mass is 377 g/mol. The van der Waals surface area contributed by atoms with Crippen molar-refractivity contribution in [3.8, 4) is 11.5 Å². The zero-order valence-electron chi connectivity index (χ0n) is 14.4. The fourth-order valence-corrected chi connectivity index (χ4v) is 3.45. The first-order valence-corrected chi connectivity index (χ1v) is 9.05. The van der Waals surface area contributed by atoms with Crippen molar-refractivity contribution in [1.82, 2.24) is 9.97 Å². The first kappa shape index (κ1) is 17.0. The molecule has 0 spiro atoms. The lowest BCUT2D eigenvalue weighted by atomic mass is 10.2. The van der Waals surface area contributed by atoms with Gasteiger partial charge in [0.05, 0.1) is 10.2 Å². The van der Waals surface area contributed by atoms with Crippen molar-refractivity contribution in [3.63, 3.8) is 0 Å². The zero-order chi connectivity index (χ0) is 18.8. The summed E-state index contributed by atoms with van der Waals surface area (Å²) >= 11 is 1.32. The molecule has 2 heterocycles. The van der Waals surface area contributed by atoms with E-state index in [0.29, 0.717) is 16.6 Å². The molecule has 0 aliphatic rings. The van der Waals surface area contributed by atoms with E-state index >= 15 is 0 Å². The highest BCUT2D eigenvalue weighted by Gasteiger charge is 2.13. The normalized spacial score (nSPS) is 10.7. The summed E-state index contributed by atoms with van der Waals surface area (Å²) in [7, 11) is 0. The smallest absolute Gasteiger partial charge is 0.263 e. The van der Waals surface area contributed by atoms with Crippen molar-refractivity contribution >= 4 is 32.6 Å². The minimum atomic E-state index is -0.490. The van der Waals surface area contributed by atoms with Crippen LogP contribution in [0.15, 0.2) is 65.5 Å². The number of amides is 1. The number of hydrogen-bond donors (Lipinski definition) is 2. The Morgan fingerprint density at radius 1 is 1.07 bits per heavy atom. The van der Waals surface area contributed by atoms with Gasteiger partial charge in [-0.1, -0.05) is 29.5 Å². The number of pyridine rings is 1. The maximum absolute atomic E-state index is 12.3. The van der Waals surface area contributed by atoms with Crippen LogP contribution in [-0.2, 0) is 0 Å². The summed E-state index contributed by atoms with van der Waals surface area (Å²) in [5, 5.41) is 3.11. The molecule has 0 saturated heterocycles. The highest BCUT2D eigenvalue weighted by Crippen LogP contribution is 2.31. The van der Waals surface area contributed by atoms with Gasteiger partial charge in [0.2, 0.25) is 0 Å². The number of rotatable bonds is 4. The maximum atomic E-state index is 12.3. The molecule has 0 saturated carbocycles. The number of ether oxygens (including phenoxy) is 1. The van der Waals surface area contributed by atoms with Crippen LogP contribution >= 0.6 is 11.3 Å². The third-order valence-electron chi connectivity index (χ3n) is 3.86. The second kappa shape index (κ2) is 7.05. The molecule has 27 heavy (non-hydrogen) atoms. The summed E-state index contributed by atoms with van der Waals surface area (Å²) < 4.78 is 6.69. The molecule has 7 heteroatoms. The zero-order valence-corrected chi connectivity index (χ0v) is 15.2. The number of para-hydroxylation sites is 1. The number of aromatic nitrogens is 2. The van der Waals surface area contributed by atoms with Gasteiger partial charge in [-0.25, -0.2) is 4.98 Å². The molecule has 0 aliphatic carbocycles. The van der Waals surface area contributed by atoms with Crippen LogP contribution in [-0.4, -0.2) is 15.9 Å². The lowest BCUT2D eigenvalue weighted by molar-refractivity contribution is 0.102. The van der Waals surface area contributed by atoms with Gasteiger partial charge in [-0.15, -0.1) is 0 Å². The Morgan fingerprint density at radius 3 is 2.67 bits per heavy atom. The van der Waals surface area contributed by atoms with Gasteiger partial charge >= 0.3 is 0 Å². The fraction of sp³-hybridized carbons (Fsp3) is 0.0500. The summed E-state index contributed by atoms with van der Waals surface area (Å²) in [6.45, 7) is 1.76. The summed E-state index contributed by atoms with van der Waals surface area (Å²) in [6, 6.07) is 18.2. The number of hydrogen-bond acceptors (Lipinski definition) is 5. The lowest BCUT2D eigenvalue weighted by Crippen LogP contribution is -2.23. The second-order valence-corrected chi connectivity index (χ2v) is 6.93. The number of aryl methyl sites for hydroxylation is 1. The molecule has 0 bridgehead atoms. The standard InChI is InChI=1S/C20H15N3O3S/c1-12-7-9-15(18(24)21-12)19(25)23-20-22-16-10-8-14(11-17(16)27-20)26-13-5-3-2-4-6-13/h2-11H,1H3,(H,21,24)(H,22,23,25). The summed E-state index contributed by atoms with van der Waals surface area (Å²) in [5.74, 6) is 0.940. The molecule has 0 atom stereocenters. The van der Waals surface area contributed by atoms with Crippen LogP contribution in [0.25, 0.3) is 10.2 Å². The van der Waals surface area contributed by atoms with Gasteiger partial charge in [0, 0.05) is 11.8 Å². The van der Waals surface area contributed by atoms with Gasteiger partial charge < -0.3 is 9.72 Å². The van der Waals surface area contributed by atoms with E-state index in [1.807, 2.05) is 48.5 Å². The quantitative estimate of drug-likeness (QED) is 0.554. The highest BCUT2D eigenvalue weighted by molar-refractivity contribution is 7.22.